The standard InChI is InChI=1S/C20H22N4O2S/c21-15-9-3-1-7-13(15)14(19(22)26)8-2-6-12-18(25)24-20-23-16-10-4-5-11-17(16)27-20/h1,3-5,7,9-11,14H,2,6,8,12,21H2,(H2,22,26)(H,23,24,25). The molecule has 1 heterocycles. The van der Waals surface area contributed by atoms with Crippen molar-refractivity contribution in [2.24, 2.45) is 5.73 Å². The number of thiazole rings is 1. The molecule has 0 aliphatic carbocycles. The van der Waals surface area contributed by atoms with Crippen LogP contribution in [-0.4, -0.2) is 16.8 Å². The van der Waals surface area contributed by atoms with E-state index < -0.39 is 11.8 Å². The van der Waals surface area contributed by atoms with Crippen molar-refractivity contribution in [3.8, 4) is 0 Å². The fraction of sp³-hybridized carbons (Fsp3) is 0.250. The predicted octanol–water partition coefficient (Wildman–Crippen LogP) is 3.65. The molecule has 27 heavy (non-hydrogen) atoms. The van der Waals surface area contributed by atoms with Crippen LogP contribution in [0, 0.1) is 0 Å². The van der Waals surface area contributed by atoms with E-state index in [4.69, 9.17) is 11.5 Å². The maximum atomic E-state index is 12.1. The highest BCUT2D eigenvalue weighted by atomic mass is 32.1. The van der Waals surface area contributed by atoms with Gasteiger partial charge in [0, 0.05) is 12.1 Å². The van der Waals surface area contributed by atoms with Gasteiger partial charge in [0.25, 0.3) is 0 Å². The molecule has 1 atom stereocenters. The maximum Gasteiger partial charge on any atom is 0.226 e. The number of hydrogen-bond donors (Lipinski definition) is 3. The molecule has 2 amide bonds. The van der Waals surface area contributed by atoms with E-state index in [0.29, 0.717) is 36.5 Å². The summed E-state index contributed by atoms with van der Waals surface area (Å²) in [6, 6.07) is 15.0. The molecule has 7 heteroatoms. The van der Waals surface area contributed by atoms with Crippen LogP contribution in [0.3, 0.4) is 0 Å². The van der Waals surface area contributed by atoms with Crippen molar-refractivity contribution >= 4 is 44.2 Å². The number of carbonyl (C=O) groups is 2. The zero-order valence-electron chi connectivity index (χ0n) is 14.9. The van der Waals surface area contributed by atoms with E-state index in [-0.39, 0.29) is 5.91 Å². The molecule has 1 aromatic heterocycles. The van der Waals surface area contributed by atoms with Gasteiger partial charge < -0.3 is 16.8 Å². The van der Waals surface area contributed by atoms with Crippen LogP contribution in [0.5, 0.6) is 0 Å². The number of rotatable bonds is 8. The lowest BCUT2D eigenvalue weighted by Gasteiger charge is -2.15. The van der Waals surface area contributed by atoms with Crippen molar-refractivity contribution in [3.63, 3.8) is 0 Å². The van der Waals surface area contributed by atoms with Gasteiger partial charge in [-0.3, -0.25) is 9.59 Å². The number of anilines is 2. The van der Waals surface area contributed by atoms with Gasteiger partial charge >= 0.3 is 0 Å². The normalized spacial score (nSPS) is 12.0. The zero-order valence-corrected chi connectivity index (χ0v) is 15.7. The van der Waals surface area contributed by atoms with Crippen molar-refractivity contribution in [3.05, 3.63) is 54.1 Å². The number of nitrogens with one attached hydrogen (secondary N) is 1. The summed E-state index contributed by atoms with van der Waals surface area (Å²) in [5, 5.41) is 3.44. The molecule has 3 aromatic rings. The SMILES string of the molecule is NC(=O)C(CCCCC(=O)Nc1nc2ccccc2s1)c1ccccc1N. The van der Waals surface area contributed by atoms with Crippen LogP contribution in [0.4, 0.5) is 10.8 Å². The maximum absolute atomic E-state index is 12.1. The number of nitrogens with two attached hydrogens (primary N) is 2. The fourth-order valence-corrected chi connectivity index (χ4v) is 3.90. The van der Waals surface area contributed by atoms with E-state index >= 15 is 0 Å². The Morgan fingerprint density at radius 1 is 1.07 bits per heavy atom. The lowest BCUT2D eigenvalue weighted by molar-refractivity contribution is -0.119. The van der Waals surface area contributed by atoms with Crippen LogP contribution in [-0.2, 0) is 9.59 Å². The summed E-state index contributed by atoms with van der Waals surface area (Å²) in [6.45, 7) is 0. The van der Waals surface area contributed by atoms with E-state index in [1.807, 2.05) is 42.5 Å². The van der Waals surface area contributed by atoms with Crippen LogP contribution < -0.4 is 16.8 Å². The molecule has 6 nitrogen and oxygen atoms in total. The summed E-state index contributed by atoms with van der Waals surface area (Å²) in [4.78, 5) is 28.3. The Balaban J connectivity index is 1.49. The minimum absolute atomic E-state index is 0.0797. The average Bonchev–Trinajstić information content (AvgIpc) is 3.04. The van der Waals surface area contributed by atoms with Crippen LogP contribution in [0.1, 0.15) is 37.2 Å². The molecule has 1 unspecified atom stereocenters. The van der Waals surface area contributed by atoms with Gasteiger partial charge in [-0.2, -0.15) is 0 Å². The van der Waals surface area contributed by atoms with Crippen molar-refractivity contribution in [2.45, 2.75) is 31.6 Å². The molecule has 5 N–H and O–H groups in total. The highest BCUT2D eigenvalue weighted by molar-refractivity contribution is 7.22. The summed E-state index contributed by atoms with van der Waals surface area (Å²) in [7, 11) is 0. The number of carbonyl (C=O) groups excluding carboxylic acids is 2. The third-order valence-corrected chi connectivity index (χ3v) is 5.35. The number of aromatic nitrogens is 1. The summed E-state index contributed by atoms with van der Waals surface area (Å²) in [6.07, 6.45) is 2.30. The van der Waals surface area contributed by atoms with Crippen molar-refractivity contribution in [2.75, 3.05) is 11.1 Å². The number of para-hydroxylation sites is 2. The van der Waals surface area contributed by atoms with Gasteiger partial charge in [-0.05, 0) is 36.6 Å². The number of benzene rings is 2. The summed E-state index contributed by atoms with van der Waals surface area (Å²) in [5.74, 6) is -0.908. The Labute approximate surface area is 161 Å². The highest BCUT2D eigenvalue weighted by Crippen LogP contribution is 2.28. The van der Waals surface area contributed by atoms with E-state index in [1.54, 1.807) is 6.07 Å². The van der Waals surface area contributed by atoms with Crippen molar-refractivity contribution < 1.29 is 9.59 Å². The minimum atomic E-state index is -0.432. The minimum Gasteiger partial charge on any atom is -0.398 e. The Hall–Kier alpha value is -2.93. The monoisotopic (exact) mass is 382 g/mol. The Bertz CT molecular complexity index is 921. The number of nitrogen functional groups attached to an aromatic ring is 1. The van der Waals surface area contributed by atoms with Gasteiger partial charge in [0.15, 0.2) is 5.13 Å². The van der Waals surface area contributed by atoms with Crippen LogP contribution in [0.15, 0.2) is 48.5 Å². The summed E-state index contributed by atoms with van der Waals surface area (Å²) >= 11 is 1.45. The lowest BCUT2D eigenvalue weighted by atomic mass is 9.91. The van der Waals surface area contributed by atoms with Gasteiger partial charge in [0.2, 0.25) is 11.8 Å². The van der Waals surface area contributed by atoms with Gasteiger partial charge in [0.05, 0.1) is 16.1 Å². The third-order valence-electron chi connectivity index (χ3n) is 4.40. The zero-order chi connectivity index (χ0) is 19.2. The second-order valence-corrected chi connectivity index (χ2v) is 7.40. The second kappa shape index (κ2) is 8.64. The summed E-state index contributed by atoms with van der Waals surface area (Å²) in [5.41, 5.74) is 13.7. The number of primary amides is 1. The molecule has 0 fully saturated rings. The molecule has 0 saturated heterocycles. The molecule has 2 aromatic carbocycles. The predicted molar refractivity (Wildman–Crippen MR) is 110 cm³/mol. The molecule has 0 spiro atoms. The first-order valence-corrected chi connectivity index (χ1v) is 9.65. The van der Waals surface area contributed by atoms with Gasteiger partial charge in [-0.15, -0.1) is 0 Å². The fourth-order valence-electron chi connectivity index (χ4n) is 3.02. The summed E-state index contributed by atoms with van der Waals surface area (Å²) < 4.78 is 1.04. The van der Waals surface area contributed by atoms with Gasteiger partial charge in [-0.1, -0.05) is 48.1 Å². The third kappa shape index (κ3) is 4.83. The molecular formula is C20H22N4O2S. The van der Waals surface area contributed by atoms with E-state index in [0.717, 1.165) is 15.8 Å². The molecule has 0 aliphatic heterocycles. The highest BCUT2D eigenvalue weighted by Gasteiger charge is 2.19. The molecule has 0 saturated carbocycles. The van der Waals surface area contributed by atoms with Crippen LogP contribution in [0.25, 0.3) is 10.2 Å². The van der Waals surface area contributed by atoms with Gasteiger partial charge in [0.1, 0.15) is 0 Å². The quantitative estimate of drug-likeness (QED) is 0.408. The van der Waals surface area contributed by atoms with E-state index in [1.165, 1.54) is 11.3 Å². The number of amides is 2. The Kier molecular flexibility index (Phi) is 6.03. The van der Waals surface area contributed by atoms with Gasteiger partial charge in [-0.25, -0.2) is 4.98 Å². The van der Waals surface area contributed by atoms with Crippen LogP contribution >= 0.6 is 11.3 Å². The molecule has 0 bridgehead atoms. The number of fused-ring (bicyclic) bond motifs is 1. The molecule has 0 aliphatic rings. The smallest absolute Gasteiger partial charge is 0.226 e. The van der Waals surface area contributed by atoms with Crippen molar-refractivity contribution in [1.29, 1.82) is 0 Å². The van der Waals surface area contributed by atoms with Crippen LogP contribution in [0.2, 0.25) is 0 Å². The average molecular weight is 382 g/mol. The van der Waals surface area contributed by atoms with E-state index in [2.05, 4.69) is 10.3 Å². The van der Waals surface area contributed by atoms with Crippen molar-refractivity contribution in [1.82, 2.24) is 4.98 Å². The first kappa shape index (κ1) is 18.8. The number of unbranched alkanes of at least 4 members (excludes halogenated alkanes) is 1. The topological polar surface area (TPSA) is 111 Å². The van der Waals surface area contributed by atoms with E-state index in [9.17, 15) is 9.59 Å². The Morgan fingerprint density at radius 2 is 1.81 bits per heavy atom. The molecule has 0 radical (unpaired) electrons. The lowest BCUT2D eigenvalue weighted by Crippen LogP contribution is -2.22. The second-order valence-electron chi connectivity index (χ2n) is 6.36. The molecule has 140 valence electrons. The molecular weight excluding hydrogens is 360 g/mol. The first-order chi connectivity index (χ1) is 13.0. The Morgan fingerprint density at radius 3 is 2.56 bits per heavy atom. The number of nitrogens with zero attached hydrogens (tertiary/aromatic N) is 1. The molecule has 3 rings (SSSR count). The number of hydrogen-bond acceptors (Lipinski definition) is 5. The largest absolute Gasteiger partial charge is 0.398 e. The first-order valence-electron chi connectivity index (χ1n) is 8.83.